The first-order valence-electron chi connectivity index (χ1n) is 26.8. The normalized spacial score (nSPS) is 13.2. The Kier molecular flexibility index (Phi) is 22.9. The van der Waals surface area contributed by atoms with Gasteiger partial charge in [-0.25, -0.2) is 13.0 Å². The maximum Gasteiger partial charge on any atom is 0.259 e. The lowest BCUT2D eigenvalue weighted by Gasteiger charge is -2.21. The van der Waals surface area contributed by atoms with Gasteiger partial charge in [0.1, 0.15) is 26.3 Å². The average molecular weight is 1160 g/mol. The molecule has 0 unspecified atom stereocenters. The van der Waals surface area contributed by atoms with Crippen LogP contribution in [0.2, 0.25) is 0 Å². The number of fused-ring (bicyclic) bond motifs is 2. The number of para-hydroxylation sites is 2. The summed E-state index contributed by atoms with van der Waals surface area (Å²) in [4.78, 5) is 67.5. The third-order valence-corrected chi connectivity index (χ3v) is 14.8. The van der Waals surface area contributed by atoms with Crippen molar-refractivity contribution in [2.75, 3.05) is 103 Å². The van der Waals surface area contributed by atoms with Crippen molar-refractivity contribution in [3.63, 3.8) is 0 Å². The number of carbonyl (C=O) groups is 5. The molecule has 0 fully saturated rings. The van der Waals surface area contributed by atoms with E-state index in [0.29, 0.717) is 12.3 Å². The summed E-state index contributed by atoms with van der Waals surface area (Å²) in [6.07, 6.45) is 12.2. The van der Waals surface area contributed by atoms with E-state index in [9.17, 15) is 36.9 Å². The van der Waals surface area contributed by atoms with Crippen LogP contribution in [0.3, 0.4) is 0 Å². The van der Waals surface area contributed by atoms with E-state index < -0.39 is 40.0 Å². The maximum absolute atomic E-state index is 12.8. The Morgan fingerprint density at radius 1 is 0.707 bits per heavy atom. The van der Waals surface area contributed by atoms with Gasteiger partial charge in [-0.1, -0.05) is 60.3 Å². The van der Waals surface area contributed by atoms with Gasteiger partial charge in [-0.05, 0) is 95.0 Å². The van der Waals surface area contributed by atoms with E-state index in [-0.39, 0.29) is 90.5 Å². The zero-order valence-electron chi connectivity index (χ0n) is 46.5. The van der Waals surface area contributed by atoms with Gasteiger partial charge in [0.15, 0.2) is 18.5 Å². The average Bonchev–Trinajstić information content (AvgIpc) is 4.00. The smallest absolute Gasteiger partial charge is 0.259 e. The van der Waals surface area contributed by atoms with Crippen LogP contribution in [-0.4, -0.2) is 146 Å². The predicted molar refractivity (Wildman–Crippen MR) is 316 cm³/mol. The quantitative estimate of drug-likeness (QED) is 0.0146. The number of nitrogens with one attached hydrogen (secondary N) is 5. The number of ether oxygens (including phenoxy) is 3. The van der Waals surface area contributed by atoms with E-state index in [2.05, 4.69) is 84.6 Å². The van der Waals surface area contributed by atoms with Crippen LogP contribution in [-0.2, 0) is 50.2 Å². The fourth-order valence-electron chi connectivity index (χ4n) is 8.69. The van der Waals surface area contributed by atoms with E-state index in [0.717, 1.165) is 65.8 Å². The highest BCUT2D eigenvalue weighted by atomic mass is 32.2. The number of benzene rings is 4. The van der Waals surface area contributed by atoms with Gasteiger partial charge in [0.2, 0.25) is 35.8 Å². The molecule has 2 aliphatic rings. The van der Waals surface area contributed by atoms with Crippen LogP contribution in [0.1, 0.15) is 42.4 Å². The van der Waals surface area contributed by atoms with Gasteiger partial charge in [0.05, 0.1) is 65.7 Å². The van der Waals surface area contributed by atoms with Crippen LogP contribution in [0.5, 0.6) is 5.75 Å². The fraction of sp³-hybridized carbons (Fsp3) is 0.317. The number of aromatic nitrogens is 1. The van der Waals surface area contributed by atoms with Gasteiger partial charge in [-0.2, -0.15) is 4.57 Å². The highest BCUT2D eigenvalue weighted by Crippen LogP contribution is 2.47. The molecule has 5 amide bonds. The standard InChI is InChI=1S/C60H69N9O11S2/c1-66(2)47-20-14-43(15-21-47)60(44-16-22-48(23-17-44)67(3)4)45-18-24-49(25-19-45)80-40-58(74)64-41-63-55(71)28-34-79-35-29-61-54(70)27-33-78-36-30-62-56(72)39-57(73)65-42-68-32-26-46(50-10-5-6-11-51(50)68)38-59-69(31-9-37-82(75,76)77)52-12-7-8-13-53(52)81-59/h5-8,10-26,32,38H,9,27-31,33-37,39-42H2,1-4H3,(H4-2,61,62,63,64,65,70,71,72,73,74,75,76,77)/p+1. The monoisotopic (exact) mass is 1160 g/mol. The summed E-state index contributed by atoms with van der Waals surface area (Å²) >= 11 is 1.56. The summed E-state index contributed by atoms with van der Waals surface area (Å²) < 4.78 is 54.6. The van der Waals surface area contributed by atoms with Gasteiger partial charge < -0.3 is 55.1 Å². The number of rotatable bonds is 29. The molecule has 0 saturated heterocycles. The molecule has 2 heterocycles. The first-order chi connectivity index (χ1) is 39.5. The van der Waals surface area contributed by atoms with Gasteiger partial charge in [-0.15, -0.1) is 0 Å². The van der Waals surface area contributed by atoms with Crippen molar-refractivity contribution in [3.05, 3.63) is 161 Å². The Balaban J connectivity index is 0.707. The number of allylic oxidation sites excluding steroid dienone is 5. The van der Waals surface area contributed by atoms with Crippen molar-refractivity contribution in [1.29, 1.82) is 0 Å². The molecule has 0 atom stereocenters. The summed E-state index contributed by atoms with van der Waals surface area (Å²) in [5.74, 6) is -1.88. The van der Waals surface area contributed by atoms with E-state index >= 15 is 0 Å². The molecule has 20 nitrogen and oxygen atoms in total. The molecule has 0 saturated carbocycles. The number of anilines is 2. The van der Waals surface area contributed by atoms with Crippen molar-refractivity contribution < 1.29 is 60.3 Å². The Morgan fingerprint density at radius 2 is 1.32 bits per heavy atom. The second-order valence-electron chi connectivity index (χ2n) is 19.4. The molecule has 1 aromatic heterocycles. The largest absolute Gasteiger partial charge is 0.748 e. The maximum atomic E-state index is 12.8. The molecule has 7 rings (SSSR count). The SMILES string of the molecule is CN(C)c1ccc(C(=C2C=CC(=[N+](C)C)C=C2)c2ccc(OCC(=O)NCNC(=O)CCOCCNC(=O)CCOCCNC(=O)CC(=O)NC[n+]3ccc(/C=C4\Sc5ccccc5N4CCCS(=O)(=O)[O-])c4ccccc43)cc2)cc1. The molecule has 22 heteroatoms. The van der Waals surface area contributed by atoms with Gasteiger partial charge in [0, 0.05) is 80.8 Å². The highest BCUT2D eigenvalue weighted by Gasteiger charge is 2.26. The second kappa shape index (κ2) is 30.6. The molecular formula is C60H70N9O11S2+. The molecule has 5 aromatic rings. The molecule has 5 N–H and O–H groups in total. The van der Waals surface area contributed by atoms with Gasteiger partial charge >= 0.3 is 0 Å². The lowest BCUT2D eigenvalue weighted by Crippen LogP contribution is -2.45. The number of carbonyl (C=O) groups excluding carboxylic acids is 5. The van der Waals surface area contributed by atoms with Crippen LogP contribution in [0.4, 0.5) is 11.4 Å². The van der Waals surface area contributed by atoms with E-state index in [4.69, 9.17) is 14.2 Å². The number of thioether (sulfide) groups is 1. The predicted octanol–water partition coefficient (Wildman–Crippen LogP) is 4.46. The molecule has 82 heavy (non-hydrogen) atoms. The molecule has 4 aromatic carbocycles. The zero-order chi connectivity index (χ0) is 58.4. The Morgan fingerprint density at radius 3 is 1.99 bits per heavy atom. The van der Waals surface area contributed by atoms with E-state index in [1.807, 2.05) is 129 Å². The number of pyridine rings is 1. The van der Waals surface area contributed by atoms with Crippen LogP contribution >= 0.6 is 11.8 Å². The zero-order valence-corrected chi connectivity index (χ0v) is 48.1. The fourth-order valence-corrected chi connectivity index (χ4v) is 10.3. The number of nitrogens with zero attached hydrogens (tertiary/aromatic N) is 4. The third-order valence-electron chi connectivity index (χ3n) is 12.9. The van der Waals surface area contributed by atoms with E-state index in [1.54, 1.807) is 11.8 Å². The Labute approximate surface area is 482 Å². The molecule has 1 aliphatic carbocycles. The molecular weight excluding hydrogens is 1090 g/mol. The molecule has 0 bridgehead atoms. The van der Waals surface area contributed by atoms with Crippen LogP contribution < -0.4 is 45.7 Å². The summed E-state index contributed by atoms with van der Waals surface area (Å²) in [5.41, 5.74) is 9.06. The molecule has 0 spiro atoms. The first-order valence-corrected chi connectivity index (χ1v) is 29.2. The minimum absolute atomic E-state index is 0.0512. The molecule has 1 aliphatic heterocycles. The number of amides is 5. The summed E-state index contributed by atoms with van der Waals surface area (Å²) in [7, 11) is 3.69. The van der Waals surface area contributed by atoms with Crippen molar-refractivity contribution in [2.45, 2.75) is 37.2 Å². The van der Waals surface area contributed by atoms with Crippen molar-refractivity contribution in [3.8, 4) is 5.75 Å². The Hall–Kier alpha value is -8.15. The van der Waals surface area contributed by atoms with E-state index in [1.165, 1.54) is 0 Å². The summed E-state index contributed by atoms with van der Waals surface area (Å²) in [6.45, 7) is 1.05. The van der Waals surface area contributed by atoms with Crippen LogP contribution in [0.25, 0.3) is 22.6 Å². The minimum atomic E-state index is -4.34. The number of hydrogen-bond donors (Lipinski definition) is 5. The third kappa shape index (κ3) is 19.0. The van der Waals surface area contributed by atoms with Crippen LogP contribution in [0, 0.1) is 0 Å². The van der Waals surface area contributed by atoms with Crippen LogP contribution in [0.15, 0.2) is 149 Å². The summed E-state index contributed by atoms with van der Waals surface area (Å²) in [5, 5.41) is 15.2. The Bertz CT molecular complexity index is 3340. The lowest BCUT2D eigenvalue weighted by atomic mass is 9.90. The first kappa shape index (κ1) is 61.5. The summed E-state index contributed by atoms with van der Waals surface area (Å²) in [6, 6.07) is 33.4. The van der Waals surface area contributed by atoms with Gasteiger partial charge in [-0.3, -0.25) is 24.0 Å². The highest BCUT2D eigenvalue weighted by molar-refractivity contribution is 8.03. The van der Waals surface area contributed by atoms with Gasteiger partial charge in [0.25, 0.3) is 5.91 Å². The lowest BCUT2D eigenvalue weighted by molar-refractivity contribution is -0.674. The molecule has 0 radical (unpaired) electrons. The van der Waals surface area contributed by atoms with Crippen molar-refractivity contribution >= 4 is 91.1 Å². The minimum Gasteiger partial charge on any atom is -0.748 e. The topological polar surface area (TPSA) is 244 Å². The van der Waals surface area contributed by atoms with Crippen molar-refractivity contribution in [2.24, 2.45) is 0 Å². The second-order valence-corrected chi connectivity index (χ2v) is 22.0. The van der Waals surface area contributed by atoms with Crippen molar-refractivity contribution in [1.82, 2.24) is 26.6 Å². The number of hydrogen-bond acceptors (Lipinski definition) is 14. The molecule has 432 valence electrons.